The molecule has 0 saturated carbocycles. The van der Waals surface area contributed by atoms with Crippen LogP contribution in [-0.2, 0) is 9.53 Å². The van der Waals surface area contributed by atoms with Crippen molar-refractivity contribution in [1.29, 1.82) is 0 Å². The van der Waals surface area contributed by atoms with E-state index < -0.39 is 0 Å². The third-order valence-electron chi connectivity index (χ3n) is 2.76. The number of hydrogen-bond donors (Lipinski definition) is 1. The first kappa shape index (κ1) is 12.5. The van der Waals surface area contributed by atoms with Crippen molar-refractivity contribution in [2.45, 2.75) is 32.7 Å². The molecular formula is C11H22N2O2. The maximum Gasteiger partial charge on any atom is 0.323 e. The molecule has 15 heavy (non-hydrogen) atoms. The van der Waals surface area contributed by atoms with Gasteiger partial charge >= 0.3 is 5.97 Å². The lowest BCUT2D eigenvalue weighted by atomic mass is 10.2. The van der Waals surface area contributed by atoms with Gasteiger partial charge in [-0.25, -0.2) is 0 Å². The third kappa shape index (κ3) is 3.80. The van der Waals surface area contributed by atoms with Crippen molar-refractivity contribution in [1.82, 2.24) is 10.2 Å². The van der Waals surface area contributed by atoms with Gasteiger partial charge in [0.1, 0.15) is 6.04 Å². The second kappa shape index (κ2) is 6.80. The largest absolute Gasteiger partial charge is 0.465 e. The highest BCUT2D eigenvalue weighted by molar-refractivity contribution is 5.75. The number of esters is 1. The summed E-state index contributed by atoms with van der Waals surface area (Å²) in [6.07, 6.45) is 1.94. The number of nitrogens with zero attached hydrogens (tertiary/aromatic N) is 1. The summed E-state index contributed by atoms with van der Waals surface area (Å²) in [5.41, 5.74) is 0. The van der Waals surface area contributed by atoms with Crippen molar-refractivity contribution < 1.29 is 9.53 Å². The van der Waals surface area contributed by atoms with Crippen LogP contribution in [0.1, 0.15) is 26.7 Å². The van der Waals surface area contributed by atoms with E-state index in [1.165, 1.54) is 0 Å². The highest BCUT2D eigenvalue weighted by Gasteiger charge is 2.25. The van der Waals surface area contributed by atoms with Crippen molar-refractivity contribution in [2.75, 3.05) is 32.8 Å². The quantitative estimate of drug-likeness (QED) is 0.697. The van der Waals surface area contributed by atoms with E-state index in [0.29, 0.717) is 6.61 Å². The number of rotatable bonds is 4. The molecule has 0 aromatic carbocycles. The Hall–Kier alpha value is -0.610. The summed E-state index contributed by atoms with van der Waals surface area (Å²) in [7, 11) is 0. The summed E-state index contributed by atoms with van der Waals surface area (Å²) in [6.45, 7) is 8.32. The van der Waals surface area contributed by atoms with Gasteiger partial charge in [-0.05, 0) is 26.3 Å². The minimum Gasteiger partial charge on any atom is -0.465 e. The van der Waals surface area contributed by atoms with Gasteiger partial charge in [-0.1, -0.05) is 6.92 Å². The van der Waals surface area contributed by atoms with Gasteiger partial charge in [0.05, 0.1) is 6.61 Å². The molecule has 0 bridgehead atoms. The van der Waals surface area contributed by atoms with E-state index in [4.69, 9.17) is 4.74 Å². The number of carbonyl (C=O) groups excluding carboxylic acids is 1. The van der Waals surface area contributed by atoms with E-state index in [0.717, 1.165) is 39.0 Å². The van der Waals surface area contributed by atoms with E-state index in [2.05, 4.69) is 10.2 Å². The van der Waals surface area contributed by atoms with E-state index >= 15 is 0 Å². The number of carbonyl (C=O) groups is 1. The fraction of sp³-hybridized carbons (Fsp3) is 0.909. The molecule has 1 rings (SSSR count). The van der Waals surface area contributed by atoms with Gasteiger partial charge in [0.2, 0.25) is 0 Å². The zero-order valence-electron chi connectivity index (χ0n) is 9.79. The maximum atomic E-state index is 11.7. The summed E-state index contributed by atoms with van der Waals surface area (Å²) in [4.78, 5) is 13.9. The van der Waals surface area contributed by atoms with Gasteiger partial charge in [0.25, 0.3) is 0 Å². The first-order valence-electron chi connectivity index (χ1n) is 5.91. The monoisotopic (exact) mass is 214 g/mol. The minimum atomic E-state index is -0.0677. The van der Waals surface area contributed by atoms with Gasteiger partial charge < -0.3 is 10.1 Å². The molecule has 0 spiro atoms. The Labute approximate surface area is 92.0 Å². The molecule has 1 N–H and O–H groups in total. The first-order valence-corrected chi connectivity index (χ1v) is 5.91. The molecule has 4 nitrogen and oxygen atoms in total. The molecule has 1 aliphatic heterocycles. The Kier molecular flexibility index (Phi) is 5.65. The van der Waals surface area contributed by atoms with Crippen LogP contribution in [0.15, 0.2) is 0 Å². The van der Waals surface area contributed by atoms with Crippen LogP contribution in [-0.4, -0.2) is 49.7 Å². The van der Waals surface area contributed by atoms with Crippen LogP contribution < -0.4 is 5.32 Å². The highest BCUT2D eigenvalue weighted by atomic mass is 16.5. The zero-order chi connectivity index (χ0) is 11.1. The molecule has 1 aliphatic rings. The van der Waals surface area contributed by atoms with E-state index in [1.54, 1.807) is 0 Å². The Morgan fingerprint density at radius 3 is 2.87 bits per heavy atom. The summed E-state index contributed by atoms with van der Waals surface area (Å²) < 4.78 is 5.09. The minimum absolute atomic E-state index is 0.0511. The molecular weight excluding hydrogens is 192 g/mol. The number of ether oxygens (including phenoxy) is 1. The van der Waals surface area contributed by atoms with Crippen molar-refractivity contribution >= 4 is 5.97 Å². The van der Waals surface area contributed by atoms with Gasteiger partial charge in [-0.3, -0.25) is 9.69 Å². The Morgan fingerprint density at radius 2 is 2.20 bits per heavy atom. The Bertz CT molecular complexity index is 189. The molecule has 1 heterocycles. The molecule has 0 radical (unpaired) electrons. The van der Waals surface area contributed by atoms with E-state index in [9.17, 15) is 4.79 Å². The second-order valence-corrected chi connectivity index (χ2v) is 3.82. The van der Waals surface area contributed by atoms with Crippen molar-refractivity contribution in [2.24, 2.45) is 0 Å². The predicted octanol–water partition coefficient (Wildman–Crippen LogP) is 0.623. The lowest BCUT2D eigenvalue weighted by molar-refractivity contribution is -0.149. The van der Waals surface area contributed by atoms with Crippen LogP contribution in [0.25, 0.3) is 0 Å². The van der Waals surface area contributed by atoms with Gasteiger partial charge in [0.15, 0.2) is 0 Å². The summed E-state index contributed by atoms with van der Waals surface area (Å²) in [6, 6.07) is -0.0511. The lowest BCUT2D eigenvalue weighted by Gasteiger charge is -2.27. The van der Waals surface area contributed by atoms with Gasteiger partial charge in [-0.2, -0.15) is 0 Å². The molecule has 0 amide bonds. The van der Waals surface area contributed by atoms with Crippen LogP contribution in [0, 0.1) is 0 Å². The summed E-state index contributed by atoms with van der Waals surface area (Å²) in [5, 5.41) is 3.33. The molecule has 0 aliphatic carbocycles. The molecule has 0 aromatic heterocycles. The molecule has 4 heteroatoms. The standard InChI is InChI=1S/C11H22N2O2/c1-3-10(11(14)15-4-2)13-8-5-6-12-7-9-13/h10,12H,3-9H2,1-2H3. The third-order valence-corrected chi connectivity index (χ3v) is 2.76. The second-order valence-electron chi connectivity index (χ2n) is 3.82. The van der Waals surface area contributed by atoms with Crippen molar-refractivity contribution in [3.8, 4) is 0 Å². The van der Waals surface area contributed by atoms with E-state index in [1.807, 2.05) is 13.8 Å². The summed E-state index contributed by atoms with van der Waals surface area (Å²) in [5.74, 6) is -0.0677. The fourth-order valence-corrected chi connectivity index (χ4v) is 1.99. The van der Waals surface area contributed by atoms with Gasteiger partial charge in [0, 0.05) is 19.6 Å². The maximum absolute atomic E-state index is 11.7. The highest BCUT2D eigenvalue weighted by Crippen LogP contribution is 2.08. The molecule has 88 valence electrons. The lowest BCUT2D eigenvalue weighted by Crippen LogP contribution is -2.43. The normalized spacial score (nSPS) is 20.7. The Balaban J connectivity index is 2.51. The zero-order valence-corrected chi connectivity index (χ0v) is 9.79. The number of nitrogens with one attached hydrogen (secondary N) is 1. The first-order chi connectivity index (χ1) is 7.29. The average molecular weight is 214 g/mol. The van der Waals surface area contributed by atoms with Crippen LogP contribution in [0.3, 0.4) is 0 Å². The smallest absolute Gasteiger partial charge is 0.323 e. The fourth-order valence-electron chi connectivity index (χ4n) is 1.99. The Morgan fingerprint density at radius 1 is 1.40 bits per heavy atom. The predicted molar refractivity (Wildman–Crippen MR) is 59.8 cm³/mol. The topological polar surface area (TPSA) is 41.6 Å². The van der Waals surface area contributed by atoms with Gasteiger partial charge in [-0.15, -0.1) is 0 Å². The number of hydrogen-bond acceptors (Lipinski definition) is 4. The SMILES string of the molecule is CCOC(=O)C(CC)N1CCCNCC1. The van der Waals surface area contributed by atoms with Crippen LogP contribution in [0.4, 0.5) is 0 Å². The van der Waals surface area contributed by atoms with Crippen molar-refractivity contribution in [3.63, 3.8) is 0 Å². The molecule has 1 saturated heterocycles. The van der Waals surface area contributed by atoms with E-state index in [-0.39, 0.29) is 12.0 Å². The molecule has 1 fully saturated rings. The molecule has 0 aromatic rings. The van der Waals surface area contributed by atoms with Crippen LogP contribution in [0.2, 0.25) is 0 Å². The molecule has 1 unspecified atom stereocenters. The summed E-state index contributed by atoms with van der Waals surface area (Å²) >= 11 is 0. The van der Waals surface area contributed by atoms with Crippen LogP contribution in [0.5, 0.6) is 0 Å². The van der Waals surface area contributed by atoms with Crippen molar-refractivity contribution in [3.05, 3.63) is 0 Å². The van der Waals surface area contributed by atoms with Crippen LogP contribution >= 0.6 is 0 Å². The molecule has 1 atom stereocenters. The average Bonchev–Trinajstić information content (AvgIpc) is 2.48.